The van der Waals surface area contributed by atoms with Crippen molar-refractivity contribution in [2.45, 2.75) is 240 Å². The molecule has 0 amide bonds. The number of allylic oxidation sites excluding steroid dienone is 8. The van der Waals surface area contributed by atoms with Gasteiger partial charge in [-0.1, -0.05) is 254 Å². The van der Waals surface area contributed by atoms with Crippen molar-refractivity contribution in [2.24, 2.45) is 5.92 Å². The Balaban J connectivity index is -0.000000193. The van der Waals surface area contributed by atoms with Crippen molar-refractivity contribution in [3.63, 3.8) is 0 Å². The van der Waals surface area contributed by atoms with Gasteiger partial charge in [0.1, 0.15) is 0 Å². The van der Waals surface area contributed by atoms with Gasteiger partial charge in [0.15, 0.2) is 0 Å². The Hall–Kier alpha value is -2.08. The van der Waals surface area contributed by atoms with E-state index in [1.54, 1.807) is 0 Å². The van der Waals surface area contributed by atoms with Crippen LogP contribution in [0.15, 0.2) is 66.3 Å². The maximum absolute atomic E-state index is 3.97. The summed E-state index contributed by atoms with van der Waals surface area (Å²) in [6.45, 7) is 44.2. The van der Waals surface area contributed by atoms with Gasteiger partial charge in [-0.2, -0.15) is 0 Å². The van der Waals surface area contributed by atoms with Crippen LogP contribution in [0.4, 0.5) is 0 Å². The Morgan fingerprint density at radius 1 is 0.566 bits per heavy atom. The van der Waals surface area contributed by atoms with Gasteiger partial charge in [-0.05, 0) is 85.3 Å². The van der Waals surface area contributed by atoms with Gasteiger partial charge < -0.3 is 0 Å². The van der Waals surface area contributed by atoms with Crippen LogP contribution in [0, 0.1) is 12.8 Å². The van der Waals surface area contributed by atoms with E-state index in [9.17, 15) is 0 Å². The second kappa shape index (κ2) is 47.9. The number of aryl methyl sites for hydroxylation is 1. The van der Waals surface area contributed by atoms with Crippen molar-refractivity contribution in [3.05, 3.63) is 83.0 Å². The molecule has 0 nitrogen and oxygen atoms in total. The lowest BCUT2D eigenvalue weighted by Crippen LogP contribution is -1.89. The smallest absolute Gasteiger partial charge is 0.0156 e. The Morgan fingerprint density at radius 3 is 1.13 bits per heavy atom. The van der Waals surface area contributed by atoms with Crippen LogP contribution >= 0.6 is 0 Å². The molecule has 1 aromatic carbocycles. The molecule has 0 fully saturated rings. The van der Waals surface area contributed by atoms with Crippen LogP contribution in [0.5, 0.6) is 0 Å². The molecule has 0 heterocycles. The zero-order valence-electron chi connectivity index (χ0n) is 39.9. The van der Waals surface area contributed by atoms with Crippen LogP contribution in [0.3, 0.4) is 0 Å². The summed E-state index contributed by atoms with van der Waals surface area (Å²) in [4.78, 5) is 0. The SMILES string of the molecule is C/C=C(\C=C(/C)CC)CC.C=C(C)c1ccc(C)cc1C(=C)C.CC.CC=C(C)C.CCC(C)C.CCCCCCCCCCCCCCCCCC. The molecule has 0 N–H and O–H groups in total. The fourth-order valence-electron chi connectivity index (χ4n) is 4.81. The largest absolute Gasteiger partial charge is 0.0955 e. The summed E-state index contributed by atoms with van der Waals surface area (Å²) in [7, 11) is 0. The van der Waals surface area contributed by atoms with E-state index in [0.29, 0.717) is 0 Å². The molecule has 0 bridgehead atoms. The summed E-state index contributed by atoms with van der Waals surface area (Å²) in [5.74, 6) is 0.884. The van der Waals surface area contributed by atoms with Gasteiger partial charge in [0, 0.05) is 0 Å². The molecule has 0 aliphatic rings. The molecule has 0 radical (unpaired) electrons. The molecule has 53 heavy (non-hydrogen) atoms. The van der Waals surface area contributed by atoms with Gasteiger partial charge >= 0.3 is 0 Å². The Labute approximate surface area is 338 Å². The predicted octanol–water partition coefficient (Wildman–Crippen LogP) is 20.1. The highest BCUT2D eigenvalue weighted by Crippen LogP contribution is 2.24. The fraction of sp³-hybridized carbons (Fsp3) is 0.698. The minimum absolute atomic E-state index is 0.884. The maximum Gasteiger partial charge on any atom is -0.0156 e. The van der Waals surface area contributed by atoms with E-state index in [-0.39, 0.29) is 0 Å². The number of unbranched alkanes of at least 4 members (excludes halogenated alkanes) is 15. The molecule has 1 aromatic rings. The van der Waals surface area contributed by atoms with Crippen LogP contribution in [0.2, 0.25) is 0 Å². The Bertz CT molecular complexity index is 988. The maximum atomic E-state index is 3.97. The van der Waals surface area contributed by atoms with Crippen LogP contribution in [0.25, 0.3) is 11.1 Å². The molecule has 0 saturated heterocycles. The van der Waals surface area contributed by atoms with E-state index in [1.807, 2.05) is 34.6 Å². The Morgan fingerprint density at radius 2 is 0.906 bits per heavy atom. The van der Waals surface area contributed by atoms with Crippen molar-refractivity contribution in [1.82, 2.24) is 0 Å². The van der Waals surface area contributed by atoms with Gasteiger partial charge in [-0.15, -0.1) is 0 Å². The van der Waals surface area contributed by atoms with Crippen LogP contribution in [0.1, 0.15) is 249 Å². The number of hydrogen-bond donors (Lipinski definition) is 0. The summed E-state index contributed by atoms with van der Waals surface area (Å²) in [6.07, 6.45) is 33.6. The van der Waals surface area contributed by atoms with Gasteiger partial charge in [-0.3, -0.25) is 0 Å². The highest BCUT2D eigenvalue weighted by Gasteiger charge is 2.03. The number of hydrogen-bond acceptors (Lipinski definition) is 0. The summed E-state index contributed by atoms with van der Waals surface area (Å²) in [6, 6.07) is 6.38. The third-order valence-electron chi connectivity index (χ3n) is 9.21. The first-order chi connectivity index (χ1) is 25.2. The summed E-state index contributed by atoms with van der Waals surface area (Å²) >= 11 is 0. The molecule has 0 spiro atoms. The van der Waals surface area contributed by atoms with E-state index in [0.717, 1.165) is 29.9 Å². The second-order valence-electron chi connectivity index (χ2n) is 15.3. The highest BCUT2D eigenvalue weighted by atomic mass is 14.1. The average Bonchev–Trinajstić information content (AvgIpc) is 3.15. The first-order valence-corrected chi connectivity index (χ1v) is 22.6. The third-order valence-corrected chi connectivity index (χ3v) is 9.21. The van der Waals surface area contributed by atoms with Gasteiger partial charge in [0.05, 0.1) is 0 Å². The van der Waals surface area contributed by atoms with E-state index >= 15 is 0 Å². The summed E-state index contributed by atoms with van der Waals surface area (Å²) in [5, 5.41) is 0. The molecule has 0 unspecified atom stereocenters. The standard InChI is InChI=1S/C18H38.C13H16.C10H18.C5H12.C5H10.C2H6/c1-3-5-7-9-11-13-15-17-18-16-14-12-10-8-6-4-2;1-9(2)12-7-6-11(5)8-13(12)10(3)4;1-5-9(4)8-10(6-2)7-3;2*1-4-5(2)3;1-2/h3-18H2,1-2H3;6-8H,1,3H2,2,4-5H3;6,8H,5,7H2,1-4H3;5H,4H2,1-3H3;4H,1-3H3;1-2H3/b;;9-8+,10-6-;;;. The van der Waals surface area contributed by atoms with Crippen molar-refractivity contribution in [1.29, 1.82) is 0 Å². The normalized spacial score (nSPS) is 10.5. The molecule has 1 rings (SSSR count). The van der Waals surface area contributed by atoms with E-state index < -0.39 is 0 Å². The summed E-state index contributed by atoms with van der Waals surface area (Å²) < 4.78 is 0. The fourth-order valence-corrected chi connectivity index (χ4v) is 4.81. The van der Waals surface area contributed by atoms with Gasteiger partial charge in [0.25, 0.3) is 0 Å². The second-order valence-corrected chi connectivity index (χ2v) is 15.3. The first-order valence-electron chi connectivity index (χ1n) is 22.6. The monoisotopic (exact) mass is 737 g/mol. The van der Waals surface area contributed by atoms with Crippen molar-refractivity contribution >= 4 is 11.1 Å². The first kappa shape index (κ1) is 60.2. The molecular formula is C53H100. The average molecular weight is 737 g/mol. The minimum atomic E-state index is 0.884. The lowest BCUT2D eigenvalue weighted by atomic mass is 9.96. The Kier molecular flexibility index (Phi) is 54.4. The van der Waals surface area contributed by atoms with Crippen LogP contribution < -0.4 is 0 Å². The van der Waals surface area contributed by atoms with E-state index in [1.165, 1.54) is 143 Å². The topological polar surface area (TPSA) is 0 Å². The molecule has 0 aromatic heterocycles. The number of benzene rings is 1. The lowest BCUT2D eigenvalue weighted by molar-refractivity contribution is 0.531. The molecule has 312 valence electrons. The van der Waals surface area contributed by atoms with Crippen molar-refractivity contribution < 1.29 is 0 Å². The molecule has 0 heteroatoms. The zero-order chi connectivity index (χ0) is 41.9. The van der Waals surface area contributed by atoms with Crippen LogP contribution in [-0.2, 0) is 0 Å². The number of rotatable bonds is 21. The molecular weight excluding hydrogens is 637 g/mol. The summed E-state index contributed by atoms with van der Waals surface area (Å²) in [5.41, 5.74) is 10.2. The molecule has 0 aliphatic carbocycles. The molecule has 0 aliphatic heterocycles. The zero-order valence-corrected chi connectivity index (χ0v) is 39.9. The minimum Gasteiger partial charge on any atom is -0.0955 e. The van der Waals surface area contributed by atoms with Gasteiger partial charge in [-0.25, -0.2) is 0 Å². The van der Waals surface area contributed by atoms with E-state index in [2.05, 4.69) is 133 Å². The predicted molar refractivity (Wildman–Crippen MR) is 255 cm³/mol. The quantitative estimate of drug-likeness (QED) is 0.0670. The van der Waals surface area contributed by atoms with Crippen LogP contribution in [-0.4, -0.2) is 0 Å². The van der Waals surface area contributed by atoms with E-state index in [4.69, 9.17) is 0 Å². The third kappa shape index (κ3) is 49.9. The van der Waals surface area contributed by atoms with Gasteiger partial charge in [0.2, 0.25) is 0 Å². The van der Waals surface area contributed by atoms with Crippen molar-refractivity contribution in [2.75, 3.05) is 0 Å². The molecule has 0 atom stereocenters. The van der Waals surface area contributed by atoms with Crippen molar-refractivity contribution in [3.8, 4) is 0 Å². The highest BCUT2D eigenvalue weighted by molar-refractivity contribution is 5.76. The molecule has 0 saturated carbocycles. The lowest BCUT2D eigenvalue weighted by Gasteiger charge is -2.09.